The van der Waals surface area contributed by atoms with E-state index in [1.807, 2.05) is 11.3 Å². The van der Waals surface area contributed by atoms with Crippen LogP contribution in [0.25, 0.3) is 0 Å². The quantitative estimate of drug-likeness (QED) is 0.829. The fourth-order valence-electron chi connectivity index (χ4n) is 2.29. The Morgan fingerprint density at radius 2 is 2.33 bits per heavy atom. The third-order valence-corrected chi connectivity index (χ3v) is 4.59. The fourth-order valence-corrected chi connectivity index (χ4v) is 3.17. The van der Waals surface area contributed by atoms with Crippen LogP contribution in [-0.4, -0.2) is 43.3 Å². The summed E-state index contributed by atoms with van der Waals surface area (Å²) in [4.78, 5) is 3.97. The van der Waals surface area contributed by atoms with Gasteiger partial charge < -0.3 is 10.1 Å². The Morgan fingerprint density at radius 1 is 1.50 bits per heavy atom. The molecule has 1 aromatic rings. The molecular formula is C14H24N2OS. The third kappa shape index (κ3) is 3.79. The molecule has 2 rings (SSSR count). The molecule has 0 spiro atoms. The number of morpholine rings is 1. The highest BCUT2D eigenvalue weighted by Crippen LogP contribution is 2.15. The summed E-state index contributed by atoms with van der Waals surface area (Å²) in [5.41, 5.74) is 1.40. The van der Waals surface area contributed by atoms with Crippen molar-refractivity contribution in [1.82, 2.24) is 10.2 Å². The molecule has 2 unspecified atom stereocenters. The summed E-state index contributed by atoms with van der Waals surface area (Å²) in [7, 11) is 0. The molecule has 1 aromatic heterocycles. The highest BCUT2D eigenvalue weighted by atomic mass is 32.1. The molecule has 0 bridgehead atoms. The lowest BCUT2D eigenvalue weighted by molar-refractivity contribution is -0.0486. The van der Waals surface area contributed by atoms with E-state index in [1.54, 1.807) is 0 Å². The molecule has 1 aliphatic rings. The van der Waals surface area contributed by atoms with Gasteiger partial charge in [0.05, 0.1) is 12.7 Å². The van der Waals surface area contributed by atoms with Crippen LogP contribution in [-0.2, 0) is 11.3 Å². The first-order chi connectivity index (χ1) is 8.66. The van der Waals surface area contributed by atoms with Gasteiger partial charge in [-0.05, 0) is 37.8 Å². The predicted octanol–water partition coefficient (Wildman–Crippen LogP) is 2.26. The van der Waals surface area contributed by atoms with Gasteiger partial charge in [-0.1, -0.05) is 0 Å². The van der Waals surface area contributed by atoms with Crippen molar-refractivity contribution in [1.29, 1.82) is 0 Å². The molecule has 3 nitrogen and oxygen atoms in total. The van der Waals surface area contributed by atoms with Gasteiger partial charge in [0, 0.05) is 37.1 Å². The van der Waals surface area contributed by atoms with Gasteiger partial charge in [-0.3, -0.25) is 4.90 Å². The van der Waals surface area contributed by atoms with Gasteiger partial charge in [0.25, 0.3) is 0 Å². The van der Waals surface area contributed by atoms with E-state index in [0.29, 0.717) is 12.1 Å². The average molecular weight is 268 g/mol. The van der Waals surface area contributed by atoms with Crippen molar-refractivity contribution in [3.8, 4) is 0 Å². The standard InChI is InChI=1S/C14H24N2OS/c1-11-4-7-18-14(11)8-15-5-6-16-9-13(3)17-10-12(16)2/h4,7,12-13,15H,5-6,8-10H2,1-3H3. The van der Waals surface area contributed by atoms with E-state index >= 15 is 0 Å². The highest BCUT2D eigenvalue weighted by molar-refractivity contribution is 7.10. The Labute approximate surface area is 114 Å². The molecular weight excluding hydrogens is 244 g/mol. The second-order valence-corrected chi connectivity index (χ2v) is 6.19. The summed E-state index contributed by atoms with van der Waals surface area (Å²) in [6.07, 6.45) is 0.376. The lowest BCUT2D eigenvalue weighted by Gasteiger charge is -2.36. The summed E-state index contributed by atoms with van der Waals surface area (Å²) in [6, 6.07) is 2.74. The summed E-state index contributed by atoms with van der Waals surface area (Å²) in [6.45, 7) is 11.7. The molecule has 2 heterocycles. The molecule has 0 aliphatic carbocycles. The van der Waals surface area contributed by atoms with Crippen molar-refractivity contribution in [2.45, 2.75) is 39.5 Å². The maximum atomic E-state index is 5.64. The van der Waals surface area contributed by atoms with Crippen LogP contribution in [0.15, 0.2) is 11.4 Å². The lowest BCUT2D eigenvalue weighted by atomic mass is 10.2. The fraction of sp³-hybridized carbons (Fsp3) is 0.714. The molecule has 0 radical (unpaired) electrons. The Morgan fingerprint density at radius 3 is 3.06 bits per heavy atom. The number of hydrogen-bond donors (Lipinski definition) is 1. The van der Waals surface area contributed by atoms with E-state index in [2.05, 4.69) is 42.4 Å². The van der Waals surface area contributed by atoms with Gasteiger partial charge in [-0.25, -0.2) is 0 Å². The van der Waals surface area contributed by atoms with Gasteiger partial charge in [0.2, 0.25) is 0 Å². The van der Waals surface area contributed by atoms with Gasteiger partial charge >= 0.3 is 0 Å². The number of hydrogen-bond acceptors (Lipinski definition) is 4. The molecule has 0 saturated carbocycles. The number of aryl methyl sites for hydroxylation is 1. The topological polar surface area (TPSA) is 24.5 Å². The van der Waals surface area contributed by atoms with Crippen LogP contribution in [0, 0.1) is 6.92 Å². The van der Waals surface area contributed by atoms with Gasteiger partial charge in [-0.15, -0.1) is 11.3 Å². The van der Waals surface area contributed by atoms with Crippen LogP contribution in [0.4, 0.5) is 0 Å². The minimum atomic E-state index is 0.376. The number of rotatable bonds is 5. The van der Waals surface area contributed by atoms with E-state index in [0.717, 1.165) is 32.8 Å². The summed E-state index contributed by atoms with van der Waals surface area (Å²) in [5, 5.41) is 5.70. The first kappa shape index (κ1) is 14.0. The van der Waals surface area contributed by atoms with E-state index < -0.39 is 0 Å². The Hall–Kier alpha value is -0.420. The third-order valence-electron chi connectivity index (χ3n) is 3.57. The van der Waals surface area contributed by atoms with E-state index in [1.165, 1.54) is 10.4 Å². The smallest absolute Gasteiger partial charge is 0.0674 e. The molecule has 102 valence electrons. The Bertz CT molecular complexity index is 366. The van der Waals surface area contributed by atoms with Gasteiger partial charge in [-0.2, -0.15) is 0 Å². The van der Waals surface area contributed by atoms with Crippen LogP contribution >= 0.6 is 11.3 Å². The first-order valence-corrected chi connectivity index (χ1v) is 7.64. The van der Waals surface area contributed by atoms with Crippen molar-refractivity contribution in [3.63, 3.8) is 0 Å². The minimum Gasteiger partial charge on any atom is -0.376 e. The second kappa shape index (κ2) is 6.66. The molecule has 0 aromatic carbocycles. The van der Waals surface area contributed by atoms with Crippen LogP contribution in [0.1, 0.15) is 24.3 Å². The minimum absolute atomic E-state index is 0.376. The number of nitrogens with one attached hydrogen (secondary N) is 1. The molecule has 1 N–H and O–H groups in total. The number of nitrogens with zero attached hydrogens (tertiary/aromatic N) is 1. The number of ether oxygens (including phenoxy) is 1. The average Bonchev–Trinajstić information content (AvgIpc) is 2.75. The maximum absolute atomic E-state index is 5.64. The lowest BCUT2D eigenvalue weighted by Crippen LogP contribution is -2.49. The monoisotopic (exact) mass is 268 g/mol. The molecule has 4 heteroatoms. The van der Waals surface area contributed by atoms with Crippen LogP contribution in [0.2, 0.25) is 0 Å². The highest BCUT2D eigenvalue weighted by Gasteiger charge is 2.22. The molecule has 1 aliphatic heterocycles. The molecule has 18 heavy (non-hydrogen) atoms. The first-order valence-electron chi connectivity index (χ1n) is 6.76. The zero-order chi connectivity index (χ0) is 13.0. The number of thiophene rings is 1. The predicted molar refractivity (Wildman–Crippen MR) is 77.2 cm³/mol. The van der Waals surface area contributed by atoms with E-state index in [-0.39, 0.29) is 0 Å². The summed E-state index contributed by atoms with van der Waals surface area (Å²) >= 11 is 1.84. The largest absolute Gasteiger partial charge is 0.376 e. The van der Waals surface area contributed by atoms with Crippen molar-refractivity contribution < 1.29 is 4.74 Å². The molecule has 1 fully saturated rings. The van der Waals surface area contributed by atoms with Crippen molar-refractivity contribution in [2.75, 3.05) is 26.2 Å². The maximum Gasteiger partial charge on any atom is 0.0674 e. The van der Waals surface area contributed by atoms with Crippen molar-refractivity contribution in [3.05, 3.63) is 21.9 Å². The zero-order valence-corrected chi connectivity index (χ0v) is 12.4. The van der Waals surface area contributed by atoms with Crippen molar-refractivity contribution in [2.24, 2.45) is 0 Å². The second-order valence-electron chi connectivity index (χ2n) is 5.19. The van der Waals surface area contributed by atoms with Gasteiger partial charge in [0.1, 0.15) is 0 Å². The SMILES string of the molecule is Cc1ccsc1CNCCN1CC(C)OCC1C. The normalized spacial score (nSPS) is 25.5. The van der Waals surface area contributed by atoms with Crippen LogP contribution < -0.4 is 5.32 Å². The summed E-state index contributed by atoms with van der Waals surface area (Å²) in [5.74, 6) is 0. The van der Waals surface area contributed by atoms with E-state index in [9.17, 15) is 0 Å². The summed E-state index contributed by atoms with van der Waals surface area (Å²) < 4.78 is 5.64. The van der Waals surface area contributed by atoms with Crippen LogP contribution in [0.5, 0.6) is 0 Å². The molecule has 0 amide bonds. The molecule has 1 saturated heterocycles. The molecule has 2 atom stereocenters. The Balaban J connectivity index is 1.67. The van der Waals surface area contributed by atoms with E-state index in [4.69, 9.17) is 4.74 Å². The Kier molecular flexibility index (Phi) is 5.18. The van der Waals surface area contributed by atoms with Gasteiger partial charge in [0.15, 0.2) is 0 Å². The van der Waals surface area contributed by atoms with Crippen molar-refractivity contribution >= 4 is 11.3 Å². The van der Waals surface area contributed by atoms with Crippen LogP contribution in [0.3, 0.4) is 0 Å². The zero-order valence-electron chi connectivity index (χ0n) is 11.6.